The fourth-order valence-corrected chi connectivity index (χ4v) is 1.26. The van der Waals surface area contributed by atoms with Crippen molar-refractivity contribution in [2.45, 2.75) is 26.9 Å². The minimum atomic E-state index is -0.348. The van der Waals surface area contributed by atoms with Crippen LogP contribution in [0.3, 0.4) is 0 Å². The summed E-state index contributed by atoms with van der Waals surface area (Å²) in [7, 11) is 0. The van der Waals surface area contributed by atoms with Crippen molar-refractivity contribution in [3.63, 3.8) is 0 Å². The highest BCUT2D eigenvalue weighted by atomic mass is 19.1. The van der Waals surface area contributed by atoms with E-state index >= 15 is 0 Å². The van der Waals surface area contributed by atoms with E-state index in [0.29, 0.717) is 5.69 Å². The van der Waals surface area contributed by atoms with Crippen molar-refractivity contribution < 1.29 is 13.9 Å². The lowest BCUT2D eigenvalue weighted by atomic mass is 10.2. The summed E-state index contributed by atoms with van der Waals surface area (Å²) >= 11 is 0. The van der Waals surface area contributed by atoms with E-state index in [-0.39, 0.29) is 24.4 Å². The molecule has 88 valence electrons. The number of ether oxygens (including phenoxy) is 1. The molecule has 0 heterocycles. The Morgan fingerprint density at radius 1 is 1.50 bits per heavy atom. The zero-order valence-electron chi connectivity index (χ0n) is 9.71. The van der Waals surface area contributed by atoms with Gasteiger partial charge >= 0.3 is 5.97 Å². The first-order valence-electron chi connectivity index (χ1n) is 5.18. The third-order valence-corrected chi connectivity index (χ3v) is 1.99. The van der Waals surface area contributed by atoms with Crippen molar-refractivity contribution >= 4 is 11.7 Å². The number of aryl methyl sites for hydroxylation is 1. The Labute approximate surface area is 94.6 Å². The normalized spacial score (nSPS) is 10.3. The number of benzene rings is 1. The van der Waals surface area contributed by atoms with Gasteiger partial charge in [-0.05, 0) is 38.5 Å². The lowest BCUT2D eigenvalue weighted by Crippen LogP contribution is -2.20. The number of halogens is 1. The highest BCUT2D eigenvalue weighted by Gasteiger charge is 2.06. The van der Waals surface area contributed by atoms with Crippen LogP contribution in [-0.2, 0) is 9.53 Å². The molecular formula is C12H16FNO2. The van der Waals surface area contributed by atoms with Gasteiger partial charge in [0.15, 0.2) is 0 Å². The SMILES string of the molecule is Cc1ccc(F)cc1NCC(=O)OC(C)C. The van der Waals surface area contributed by atoms with Gasteiger partial charge in [0.2, 0.25) is 0 Å². The Bertz CT molecular complexity index is 377. The summed E-state index contributed by atoms with van der Waals surface area (Å²) in [5, 5.41) is 2.84. The maximum absolute atomic E-state index is 12.9. The number of carbonyl (C=O) groups is 1. The summed E-state index contributed by atoms with van der Waals surface area (Å²) in [6, 6.07) is 4.40. The van der Waals surface area contributed by atoms with Crippen molar-refractivity contribution in [1.82, 2.24) is 0 Å². The maximum atomic E-state index is 12.9. The van der Waals surface area contributed by atoms with E-state index in [2.05, 4.69) is 5.32 Å². The Kier molecular flexibility index (Phi) is 4.28. The largest absolute Gasteiger partial charge is 0.462 e. The molecule has 0 saturated heterocycles. The summed E-state index contributed by atoms with van der Waals surface area (Å²) < 4.78 is 17.9. The molecule has 1 aromatic carbocycles. The molecule has 0 aromatic heterocycles. The maximum Gasteiger partial charge on any atom is 0.325 e. The number of nitrogens with one attached hydrogen (secondary N) is 1. The van der Waals surface area contributed by atoms with Crippen LogP contribution in [0.1, 0.15) is 19.4 Å². The summed E-state index contributed by atoms with van der Waals surface area (Å²) in [4.78, 5) is 11.2. The second-order valence-corrected chi connectivity index (χ2v) is 3.85. The second-order valence-electron chi connectivity index (χ2n) is 3.85. The van der Waals surface area contributed by atoms with E-state index in [9.17, 15) is 9.18 Å². The number of anilines is 1. The van der Waals surface area contributed by atoms with Crippen molar-refractivity contribution in [1.29, 1.82) is 0 Å². The van der Waals surface area contributed by atoms with Crippen molar-refractivity contribution in [2.75, 3.05) is 11.9 Å². The molecular weight excluding hydrogens is 209 g/mol. The van der Waals surface area contributed by atoms with Gasteiger partial charge in [-0.1, -0.05) is 6.07 Å². The molecule has 1 rings (SSSR count). The third kappa shape index (κ3) is 3.88. The predicted octanol–water partition coefficient (Wildman–Crippen LogP) is 2.50. The molecule has 0 fully saturated rings. The van der Waals surface area contributed by atoms with Crippen molar-refractivity contribution in [2.24, 2.45) is 0 Å². The molecule has 0 aliphatic heterocycles. The summed E-state index contributed by atoms with van der Waals surface area (Å²) in [6.07, 6.45) is -0.136. The zero-order chi connectivity index (χ0) is 12.1. The molecule has 0 radical (unpaired) electrons. The number of hydrogen-bond donors (Lipinski definition) is 1. The van der Waals surface area contributed by atoms with Crippen LogP contribution in [0.4, 0.5) is 10.1 Å². The number of hydrogen-bond acceptors (Lipinski definition) is 3. The monoisotopic (exact) mass is 225 g/mol. The first-order chi connectivity index (χ1) is 7.49. The van der Waals surface area contributed by atoms with Crippen LogP contribution in [0, 0.1) is 12.7 Å². The molecule has 0 bridgehead atoms. The molecule has 0 aliphatic rings. The molecule has 0 spiro atoms. The molecule has 0 amide bonds. The van der Waals surface area contributed by atoms with Gasteiger partial charge in [0.05, 0.1) is 6.10 Å². The molecule has 0 saturated carbocycles. The molecule has 3 nitrogen and oxygen atoms in total. The van der Waals surface area contributed by atoms with E-state index < -0.39 is 0 Å². The first-order valence-corrected chi connectivity index (χ1v) is 5.18. The fourth-order valence-electron chi connectivity index (χ4n) is 1.26. The van der Waals surface area contributed by atoms with E-state index in [4.69, 9.17) is 4.74 Å². The van der Waals surface area contributed by atoms with E-state index in [1.165, 1.54) is 12.1 Å². The molecule has 1 aromatic rings. The van der Waals surface area contributed by atoms with Crippen LogP contribution in [0.15, 0.2) is 18.2 Å². The zero-order valence-corrected chi connectivity index (χ0v) is 9.71. The van der Waals surface area contributed by atoms with Crippen LogP contribution in [0.25, 0.3) is 0 Å². The van der Waals surface area contributed by atoms with E-state index in [1.807, 2.05) is 6.92 Å². The molecule has 0 atom stereocenters. The van der Waals surface area contributed by atoms with Gasteiger partial charge in [-0.25, -0.2) is 4.39 Å². The summed E-state index contributed by atoms with van der Waals surface area (Å²) in [6.45, 7) is 5.45. The van der Waals surface area contributed by atoms with Gasteiger partial charge in [-0.2, -0.15) is 0 Å². The van der Waals surface area contributed by atoms with E-state index in [1.54, 1.807) is 19.9 Å². The number of carbonyl (C=O) groups excluding carboxylic acids is 1. The number of rotatable bonds is 4. The minimum absolute atomic E-state index is 0.0441. The van der Waals surface area contributed by atoms with Crippen LogP contribution in [0.5, 0.6) is 0 Å². The van der Waals surface area contributed by atoms with Gasteiger partial charge in [0.1, 0.15) is 12.4 Å². The number of esters is 1. The second kappa shape index (κ2) is 5.49. The topological polar surface area (TPSA) is 38.3 Å². The summed E-state index contributed by atoms with van der Waals surface area (Å²) in [5.41, 5.74) is 1.50. The quantitative estimate of drug-likeness (QED) is 0.800. The average Bonchev–Trinajstić information content (AvgIpc) is 2.18. The third-order valence-electron chi connectivity index (χ3n) is 1.99. The average molecular weight is 225 g/mol. The van der Waals surface area contributed by atoms with Gasteiger partial charge in [0, 0.05) is 5.69 Å². The van der Waals surface area contributed by atoms with Crippen LogP contribution < -0.4 is 5.32 Å². The molecule has 0 unspecified atom stereocenters. The van der Waals surface area contributed by atoms with Crippen molar-refractivity contribution in [3.8, 4) is 0 Å². The van der Waals surface area contributed by atoms with Crippen molar-refractivity contribution in [3.05, 3.63) is 29.6 Å². The minimum Gasteiger partial charge on any atom is -0.462 e. The lowest BCUT2D eigenvalue weighted by molar-refractivity contribution is -0.145. The van der Waals surface area contributed by atoms with Crippen LogP contribution in [-0.4, -0.2) is 18.6 Å². The molecule has 0 aliphatic carbocycles. The molecule has 16 heavy (non-hydrogen) atoms. The van der Waals surface area contributed by atoms with Crippen LogP contribution >= 0.6 is 0 Å². The summed E-state index contributed by atoms with van der Waals surface area (Å²) in [5.74, 6) is -0.677. The van der Waals surface area contributed by atoms with Gasteiger partial charge < -0.3 is 10.1 Å². The smallest absolute Gasteiger partial charge is 0.325 e. The Morgan fingerprint density at radius 2 is 2.19 bits per heavy atom. The highest BCUT2D eigenvalue weighted by molar-refractivity contribution is 5.75. The lowest BCUT2D eigenvalue weighted by Gasteiger charge is -2.11. The Hall–Kier alpha value is -1.58. The fraction of sp³-hybridized carbons (Fsp3) is 0.417. The van der Waals surface area contributed by atoms with Gasteiger partial charge in [0.25, 0.3) is 0 Å². The Balaban J connectivity index is 2.54. The van der Waals surface area contributed by atoms with Crippen LogP contribution in [0.2, 0.25) is 0 Å². The van der Waals surface area contributed by atoms with Gasteiger partial charge in [-0.15, -0.1) is 0 Å². The highest BCUT2D eigenvalue weighted by Crippen LogP contribution is 2.15. The van der Waals surface area contributed by atoms with E-state index in [0.717, 1.165) is 5.56 Å². The Morgan fingerprint density at radius 3 is 2.81 bits per heavy atom. The molecule has 4 heteroatoms. The predicted molar refractivity (Wildman–Crippen MR) is 60.9 cm³/mol. The first kappa shape index (κ1) is 12.5. The van der Waals surface area contributed by atoms with Gasteiger partial charge in [-0.3, -0.25) is 4.79 Å². The molecule has 1 N–H and O–H groups in total. The standard InChI is InChI=1S/C12H16FNO2/c1-8(2)16-12(15)7-14-11-6-10(13)5-4-9(11)3/h4-6,8,14H,7H2,1-3H3.